The van der Waals surface area contributed by atoms with Gasteiger partial charge in [-0.15, -0.1) is 0 Å². The van der Waals surface area contributed by atoms with E-state index in [0.29, 0.717) is 13.2 Å². The van der Waals surface area contributed by atoms with E-state index in [1.165, 1.54) is 5.56 Å². The van der Waals surface area contributed by atoms with Crippen LogP contribution in [-0.4, -0.2) is 60.4 Å². The fourth-order valence-electron chi connectivity index (χ4n) is 4.15. The van der Waals surface area contributed by atoms with E-state index in [2.05, 4.69) is 61.9 Å². The van der Waals surface area contributed by atoms with Crippen LogP contribution in [0.3, 0.4) is 0 Å². The van der Waals surface area contributed by atoms with Crippen molar-refractivity contribution in [3.8, 4) is 0 Å². The smallest absolute Gasteiger partial charge is 0.128 e. The summed E-state index contributed by atoms with van der Waals surface area (Å²) in [4.78, 5) is 9.08. The molecule has 1 aliphatic rings. The number of benzene rings is 2. The summed E-state index contributed by atoms with van der Waals surface area (Å²) in [6, 6.07) is 22.6. The Morgan fingerprint density at radius 1 is 0.969 bits per heavy atom. The number of pyridine rings is 1. The Labute approximate surface area is 198 Å². The number of nitrogens with zero attached hydrogens (tertiary/aromatic N) is 3. The van der Waals surface area contributed by atoms with Crippen LogP contribution in [0.4, 0.5) is 5.82 Å². The van der Waals surface area contributed by atoms with Gasteiger partial charge in [-0.1, -0.05) is 54.6 Å². The zero-order valence-electron chi connectivity index (χ0n) is 18.4. The molecule has 0 saturated carbocycles. The zero-order valence-corrected chi connectivity index (χ0v) is 20.0. The normalized spacial score (nSPS) is 16.7. The molecular formula is C26H30BrN3O2. The van der Waals surface area contributed by atoms with Gasteiger partial charge in [-0.2, -0.15) is 0 Å². The Balaban J connectivity index is 1.32. The van der Waals surface area contributed by atoms with Crippen LogP contribution in [0.25, 0.3) is 0 Å². The third-order valence-corrected chi connectivity index (χ3v) is 6.37. The second-order valence-corrected chi connectivity index (χ2v) is 9.17. The van der Waals surface area contributed by atoms with Crippen LogP contribution in [0.2, 0.25) is 0 Å². The molecule has 32 heavy (non-hydrogen) atoms. The van der Waals surface area contributed by atoms with Crippen molar-refractivity contribution in [3.63, 3.8) is 0 Å². The second-order valence-electron chi connectivity index (χ2n) is 8.26. The number of aromatic nitrogens is 1. The molecule has 168 valence electrons. The first-order chi connectivity index (χ1) is 15.6. The molecule has 2 unspecified atom stereocenters. The number of aryl methyl sites for hydroxylation is 1. The summed E-state index contributed by atoms with van der Waals surface area (Å²) >= 11 is 3.44. The van der Waals surface area contributed by atoms with E-state index < -0.39 is 6.10 Å². The van der Waals surface area contributed by atoms with E-state index in [1.807, 2.05) is 48.7 Å². The number of rotatable bonds is 8. The maximum atomic E-state index is 10.7. The average molecular weight is 496 g/mol. The van der Waals surface area contributed by atoms with Crippen LogP contribution in [0.1, 0.15) is 22.8 Å². The molecule has 2 heterocycles. The van der Waals surface area contributed by atoms with Crippen LogP contribution in [0.15, 0.2) is 77.4 Å². The fourth-order valence-corrected chi connectivity index (χ4v) is 4.38. The second kappa shape index (κ2) is 11.1. The van der Waals surface area contributed by atoms with E-state index in [1.54, 1.807) is 0 Å². The van der Waals surface area contributed by atoms with Crippen molar-refractivity contribution in [2.24, 2.45) is 0 Å². The standard InChI is InChI=1S/C26H30BrN3O2/c1-20-7-5-6-10-24(20)26(21-8-3-2-4-9-21)32-19-23(31)18-29-13-15-30(16-14-29)25-12-11-22(27)17-28-25/h2-12,17,23,26,31H,13-16,18-19H2,1H3. The van der Waals surface area contributed by atoms with Gasteiger partial charge >= 0.3 is 0 Å². The molecular weight excluding hydrogens is 466 g/mol. The highest BCUT2D eigenvalue weighted by Gasteiger charge is 2.22. The Morgan fingerprint density at radius 3 is 2.38 bits per heavy atom. The number of ether oxygens (including phenoxy) is 1. The Bertz CT molecular complexity index is 976. The quantitative estimate of drug-likeness (QED) is 0.500. The lowest BCUT2D eigenvalue weighted by Gasteiger charge is -2.36. The highest BCUT2D eigenvalue weighted by atomic mass is 79.9. The number of halogens is 1. The Hall–Kier alpha value is -2.25. The number of piperazine rings is 1. The van der Waals surface area contributed by atoms with Crippen LogP contribution in [-0.2, 0) is 4.74 Å². The van der Waals surface area contributed by atoms with Gasteiger partial charge in [0.2, 0.25) is 0 Å². The van der Waals surface area contributed by atoms with E-state index in [9.17, 15) is 5.11 Å². The van der Waals surface area contributed by atoms with Crippen molar-refractivity contribution in [2.45, 2.75) is 19.1 Å². The maximum Gasteiger partial charge on any atom is 0.128 e. The summed E-state index contributed by atoms with van der Waals surface area (Å²) in [7, 11) is 0. The predicted octanol–water partition coefficient (Wildman–Crippen LogP) is 4.44. The first-order valence-corrected chi connectivity index (χ1v) is 11.9. The van der Waals surface area contributed by atoms with E-state index >= 15 is 0 Å². The summed E-state index contributed by atoms with van der Waals surface area (Å²) < 4.78 is 7.29. The van der Waals surface area contributed by atoms with Gasteiger partial charge in [0, 0.05) is 43.4 Å². The van der Waals surface area contributed by atoms with Crippen LogP contribution in [0.5, 0.6) is 0 Å². The number of aliphatic hydroxyl groups excluding tert-OH is 1. The zero-order chi connectivity index (χ0) is 22.3. The van der Waals surface area contributed by atoms with Crippen LogP contribution in [0, 0.1) is 6.92 Å². The molecule has 0 aliphatic carbocycles. The van der Waals surface area contributed by atoms with Gasteiger partial charge in [-0.25, -0.2) is 4.98 Å². The molecule has 0 radical (unpaired) electrons. The lowest BCUT2D eigenvalue weighted by Crippen LogP contribution is -2.49. The summed E-state index contributed by atoms with van der Waals surface area (Å²) in [6.45, 7) is 6.60. The summed E-state index contributed by atoms with van der Waals surface area (Å²) in [5, 5.41) is 10.7. The van der Waals surface area contributed by atoms with Crippen molar-refractivity contribution in [2.75, 3.05) is 44.2 Å². The van der Waals surface area contributed by atoms with Crippen LogP contribution >= 0.6 is 15.9 Å². The predicted molar refractivity (Wildman–Crippen MR) is 132 cm³/mol. The van der Waals surface area contributed by atoms with Gasteiger partial charge in [0.1, 0.15) is 11.9 Å². The molecule has 1 aliphatic heterocycles. The maximum absolute atomic E-state index is 10.7. The van der Waals surface area contributed by atoms with Gasteiger partial charge < -0.3 is 14.7 Å². The largest absolute Gasteiger partial charge is 0.389 e. The molecule has 1 aromatic heterocycles. The first-order valence-electron chi connectivity index (χ1n) is 11.1. The Morgan fingerprint density at radius 2 is 1.69 bits per heavy atom. The van der Waals surface area contributed by atoms with E-state index in [-0.39, 0.29) is 6.10 Å². The average Bonchev–Trinajstić information content (AvgIpc) is 2.82. The molecule has 3 aromatic rings. The lowest BCUT2D eigenvalue weighted by molar-refractivity contribution is -0.00912. The minimum atomic E-state index is -0.539. The molecule has 1 saturated heterocycles. The summed E-state index contributed by atoms with van der Waals surface area (Å²) in [5.74, 6) is 1.00. The van der Waals surface area contributed by atoms with Crippen LogP contribution < -0.4 is 4.90 Å². The molecule has 2 aromatic carbocycles. The SMILES string of the molecule is Cc1ccccc1C(OCC(O)CN1CCN(c2ccc(Br)cn2)CC1)c1ccccc1. The Kier molecular flexibility index (Phi) is 7.92. The molecule has 2 atom stereocenters. The number of anilines is 1. The minimum absolute atomic E-state index is 0.188. The minimum Gasteiger partial charge on any atom is -0.389 e. The topological polar surface area (TPSA) is 48.8 Å². The molecule has 1 fully saturated rings. The summed E-state index contributed by atoms with van der Waals surface area (Å²) in [6.07, 6.45) is 1.11. The van der Waals surface area contributed by atoms with Crippen molar-refractivity contribution in [1.82, 2.24) is 9.88 Å². The highest BCUT2D eigenvalue weighted by molar-refractivity contribution is 9.10. The van der Waals surface area contributed by atoms with Gasteiger partial charge in [-0.3, -0.25) is 4.90 Å². The van der Waals surface area contributed by atoms with Gasteiger partial charge in [0.05, 0.1) is 12.7 Å². The molecule has 0 bridgehead atoms. The van der Waals surface area contributed by atoms with E-state index in [4.69, 9.17) is 4.74 Å². The van der Waals surface area contributed by atoms with Gasteiger partial charge in [-0.05, 0) is 51.7 Å². The van der Waals surface area contributed by atoms with Crippen molar-refractivity contribution in [1.29, 1.82) is 0 Å². The number of β-amino-alcohol motifs (C(OH)–C–C–N with tert-alkyl or cyclic N) is 1. The highest BCUT2D eigenvalue weighted by Crippen LogP contribution is 2.28. The monoisotopic (exact) mass is 495 g/mol. The number of aliphatic hydroxyl groups is 1. The molecule has 0 spiro atoms. The van der Waals surface area contributed by atoms with Crippen molar-refractivity contribution < 1.29 is 9.84 Å². The first kappa shape index (κ1) is 22.9. The molecule has 4 rings (SSSR count). The summed E-state index contributed by atoms with van der Waals surface area (Å²) in [5.41, 5.74) is 3.43. The molecule has 5 nitrogen and oxygen atoms in total. The molecule has 6 heteroatoms. The third-order valence-electron chi connectivity index (χ3n) is 5.91. The number of hydrogen-bond acceptors (Lipinski definition) is 5. The molecule has 1 N–H and O–H groups in total. The third kappa shape index (κ3) is 5.95. The fraction of sp³-hybridized carbons (Fsp3) is 0.346. The van der Waals surface area contributed by atoms with E-state index in [0.717, 1.165) is 47.6 Å². The van der Waals surface area contributed by atoms with Crippen molar-refractivity contribution in [3.05, 3.63) is 94.1 Å². The van der Waals surface area contributed by atoms with Gasteiger partial charge in [0.25, 0.3) is 0 Å². The number of hydrogen-bond donors (Lipinski definition) is 1. The molecule has 0 amide bonds. The van der Waals surface area contributed by atoms with Gasteiger partial charge in [0.15, 0.2) is 0 Å². The van der Waals surface area contributed by atoms with Crippen molar-refractivity contribution >= 4 is 21.7 Å². The lowest BCUT2D eigenvalue weighted by atomic mass is 9.97.